The summed E-state index contributed by atoms with van der Waals surface area (Å²) >= 11 is 5.79. The summed E-state index contributed by atoms with van der Waals surface area (Å²) in [5, 5.41) is 3.21. The summed E-state index contributed by atoms with van der Waals surface area (Å²) in [7, 11) is 0. The van der Waals surface area contributed by atoms with Crippen molar-refractivity contribution < 1.29 is 9.59 Å². The molecule has 0 saturated carbocycles. The van der Waals surface area contributed by atoms with Crippen molar-refractivity contribution in [3.8, 4) is 0 Å². The van der Waals surface area contributed by atoms with Crippen LogP contribution in [0.25, 0.3) is 0 Å². The van der Waals surface area contributed by atoms with Crippen LogP contribution < -0.4 is 10.2 Å². The molecule has 0 bridgehead atoms. The predicted molar refractivity (Wildman–Crippen MR) is 82.9 cm³/mol. The van der Waals surface area contributed by atoms with E-state index in [4.69, 9.17) is 11.6 Å². The van der Waals surface area contributed by atoms with Gasteiger partial charge >= 0.3 is 0 Å². The summed E-state index contributed by atoms with van der Waals surface area (Å²) in [6, 6.07) is 4.61. The summed E-state index contributed by atoms with van der Waals surface area (Å²) in [5.74, 6) is -0.455. The second-order valence-corrected chi connectivity index (χ2v) is 5.54. The fraction of sp³-hybridized carbons (Fsp3) is 0.267. The Morgan fingerprint density at radius 3 is 3.05 bits per heavy atom. The van der Waals surface area contributed by atoms with Crippen molar-refractivity contribution in [2.45, 2.75) is 18.9 Å². The molecule has 22 heavy (non-hydrogen) atoms. The molecule has 0 unspecified atom stereocenters. The minimum atomic E-state index is -0.538. The van der Waals surface area contributed by atoms with Crippen LogP contribution >= 0.6 is 11.6 Å². The maximum Gasteiger partial charge on any atom is 0.268 e. The van der Waals surface area contributed by atoms with Gasteiger partial charge in [0.15, 0.2) is 0 Å². The van der Waals surface area contributed by atoms with Crippen molar-refractivity contribution in [3.63, 3.8) is 0 Å². The van der Waals surface area contributed by atoms with Gasteiger partial charge in [-0.15, -0.1) is 0 Å². The highest BCUT2D eigenvalue weighted by atomic mass is 35.5. The third-order valence-electron chi connectivity index (χ3n) is 3.59. The molecule has 7 heteroatoms. The molecule has 1 atom stereocenters. The van der Waals surface area contributed by atoms with Crippen LogP contribution in [0, 0.1) is 0 Å². The number of nitrogens with one attached hydrogen (secondary N) is 2. The maximum absolute atomic E-state index is 12.5. The number of anilines is 1. The van der Waals surface area contributed by atoms with E-state index in [-0.39, 0.29) is 11.8 Å². The lowest BCUT2D eigenvalue weighted by molar-refractivity contribution is -0.121. The number of halogens is 1. The van der Waals surface area contributed by atoms with Gasteiger partial charge in [-0.05, 0) is 31.0 Å². The minimum Gasteiger partial charge on any atom is -0.356 e. The Balaban J connectivity index is 1.72. The summed E-state index contributed by atoms with van der Waals surface area (Å²) in [5.41, 5.74) is 1.09. The molecule has 1 fully saturated rings. The van der Waals surface area contributed by atoms with Crippen molar-refractivity contribution in [2.24, 2.45) is 0 Å². The number of hydrogen-bond donors (Lipinski definition) is 2. The predicted octanol–water partition coefficient (Wildman–Crippen LogP) is 1.99. The highest BCUT2D eigenvalue weighted by molar-refractivity contribution is 6.31. The van der Waals surface area contributed by atoms with Crippen LogP contribution in [0.5, 0.6) is 0 Å². The number of aromatic amines is 1. The van der Waals surface area contributed by atoms with E-state index in [1.807, 2.05) is 6.07 Å². The molecule has 0 aliphatic carbocycles. The molecule has 2 aromatic rings. The monoisotopic (exact) mass is 318 g/mol. The van der Waals surface area contributed by atoms with Gasteiger partial charge in [-0.2, -0.15) is 0 Å². The first-order valence-corrected chi connectivity index (χ1v) is 7.39. The van der Waals surface area contributed by atoms with Crippen LogP contribution in [-0.4, -0.2) is 34.4 Å². The number of pyridine rings is 1. The molecule has 1 aliphatic heterocycles. The zero-order chi connectivity index (χ0) is 15.5. The van der Waals surface area contributed by atoms with Gasteiger partial charge < -0.3 is 15.2 Å². The quantitative estimate of drug-likeness (QED) is 0.908. The summed E-state index contributed by atoms with van der Waals surface area (Å²) in [6.07, 6.45) is 6.27. The topological polar surface area (TPSA) is 78.1 Å². The first-order chi connectivity index (χ1) is 10.6. The molecule has 6 nitrogen and oxygen atoms in total. The maximum atomic E-state index is 12.5. The Morgan fingerprint density at radius 1 is 1.50 bits per heavy atom. The molecule has 2 amide bonds. The Morgan fingerprint density at radius 2 is 2.36 bits per heavy atom. The minimum absolute atomic E-state index is 0.120. The Labute approximate surface area is 132 Å². The van der Waals surface area contributed by atoms with Crippen LogP contribution in [0.3, 0.4) is 0 Å². The number of hydrogen-bond acceptors (Lipinski definition) is 3. The van der Waals surface area contributed by atoms with Gasteiger partial charge in [0.05, 0.1) is 16.9 Å². The molecule has 1 aliphatic rings. The molecule has 3 heterocycles. The summed E-state index contributed by atoms with van der Waals surface area (Å²) < 4.78 is 0. The van der Waals surface area contributed by atoms with Gasteiger partial charge in [0.1, 0.15) is 11.7 Å². The average molecular weight is 319 g/mol. The van der Waals surface area contributed by atoms with E-state index in [1.54, 1.807) is 23.4 Å². The molecule has 0 aromatic carbocycles. The first kappa shape index (κ1) is 14.6. The molecule has 2 N–H and O–H groups in total. The van der Waals surface area contributed by atoms with Crippen LogP contribution in [0.2, 0.25) is 5.02 Å². The first-order valence-electron chi connectivity index (χ1n) is 7.01. The average Bonchev–Trinajstić information content (AvgIpc) is 2.97. The second-order valence-electron chi connectivity index (χ2n) is 5.10. The van der Waals surface area contributed by atoms with Gasteiger partial charge in [0, 0.05) is 18.9 Å². The number of rotatable bonds is 3. The fourth-order valence-corrected chi connectivity index (χ4v) is 2.68. The number of nitrogens with zero attached hydrogens (tertiary/aromatic N) is 2. The van der Waals surface area contributed by atoms with Crippen molar-refractivity contribution in [2.75, 3.05) is 11.4 Å². The third-order valence-corrected chi connectivity index (χ3v) is 3.81. The lowest BCUT2D eigenvalue weighted by atomic mass is 10.0. The van der Waals surface area contributed by atoms with Crippen molar-refractivity contribution in [3.05, 3.63) is 47.5 Å². The highest BCUT2D eigenvalue weighted by Gasteiger charge is 2.31. The largest absolute Gasteiger partial charge is 0.356 e. The van der Waals surface area contributed by atoms with Crippen LogP contribution in [0.4, 0.5) is 5.69 Å². The molecular formula is C15H15ClN4O2. The number of carbonyl (C=O) groups is 2. The van der Waals surface area contributed by atoms with Crippen molar-refractivity contribution in [1.82, 2.24) is 15.3 Å². The Bertz CT molecular complexity index is 686. The van der Waals surface area contributed by atoms with Gasteiger partial charge in [-0.25, -0.2) is 0 Å². The smallest absolute Gasteiger partial charge is 0.268 e. The number of carbonyl (C=O) groups excluding carboxylic acids is 2. The molecule has 0 radical (unpaired) electrons. The van der Waals surface area contributed by atoms with Gasteiger partial charge in [0.25, 0.3) is 5.91 Å². The van der Waals surface area contributed by atoms with Crippen molar-refractivity contribution >= 4 is 29.1 Å². The van der Waals surface area contributed by atoms with Gasteiger partial charge in [0.2, 0.25) is 5.91 Å². The highest BCUT2D eigenvalue weighted by Crippen LogP contribution is 2.20. The standard InChI is InChI=1S/C15H15ClN4O2/c16-10-7-13(18-8-10)14(21)19-12-4-2-6-20(15(12)22)11-3-1-5-17-9-11/h1,3,5,7-9,12,18H,2,4,6H2,(H,19,21)/t12-/m0/s1. The van der Waals surface area contributed by atoms with Gasteiger partial charge in [-0.1, -0.05) is 11.6 Å². The number of H-pyrrole nitrogens is 1. The molecule has 0 spiro atoms. The van der Waals surface area contributed by atoms with E-state index in [0.29, 0.717) is 23.7 Å². The van der Waals surface area contributed by atoms with Crippen molar-refractivity contribution in [1.29, 1.82) is 0 Å². The SMILES string of the molecule is O=C(N[C@H]1CCCN(c2cccnc2)C1=O)c1cc(Cl)c[nH]1. The zero-order valence-corrected chi connectivity index (χ0v) is 12.5. The van der Waals surface area contributed by atoms with E-state index >= 15 is 0 Å². The fourth-order valence-electron chi connectivity index (χ4n) is 2.51. The van der Waals surface area contributed by atoms with E-state index in [0.717, 1.165) is 12.1 Å². The number of amides is 2. The second kappa shape index (κ2) is 6.19. The lowest BCUT2D eigenvalue weighted by Gasteiger charge is -2.32. The molecular weight excluding hydrogens is 304 g/mol. The van der Waals surface area contributed by atoms with E-state index in [9.17, 15) is 9.59 Å². The van der Waals surface area contributed by atoms with E-state index in [1.165, 1.54) is 12.3 Å². The third kappa shape index (κ3) is 2.96. The molecule has 1 saturated heterocycles. The molecule has 114 valence electrons. The Hall–Kier alpha value is -2.34. The van der Waals surface area contributed by atoms with Crippen LogP contribution in [0.15, 0.2) is 36.8 Å². The summed E-state index contributed by atoms with van der Waals surface area (Å²) in [4.78, 5) is 33.1. The molecule has 3 rings (SSSR count). The van der Waals surface area contributed by atoms with E-state index in [2.05, 4.69) is 15.3 Å². The normalized spacial score (nSPS) is 18.3. The lowest BCUT2D eigenvalue weighted by Crippen LogP contribution is -2.52. The van der Waals surface area contributed by atoms with Crippen LogP contribution in [0.1, 0.15) is 23.3 Å². The summed E-state index contributed by atoms with van der Waals surface area (Å²) in [6.45, 7) is 0.630. The molecule has 2 aromatic heterocycles. The van der Waals surface area contributed by atoms with Crippen LogP contribution in [-0.2, 0) is 4.79 Å². The van der Waals surface area contributed by atoms with Gasteiger partial charge in [-0.3, -0.25) is 14.6 Å². The zero-order valence-electron chi connectivity index (χ0n) is 11.8. The van der Waals surface area contributed by atoms with E-state index < -0.39 is 6.04 Å². The number of piperidine rings is 1. The Kier molecular flexibility index (Phi) is 4.11. The number of aromatic nitrogens is 2.